The predicted octanol–water partition coefficient (Wildman–Crippen LogP) is 3.64. The number of halogens is 1. The molecule has 154 valence electrons. The van der Waals surface area contributed by atoms with Crippen LogP contribution in [0.1, 0.15) is 54.4 Å². The third kappa shape index (κ3) is 6.34. The van der Waals surface area contributed by atoms with Crippen LogP contribution in [0, 0.1) is 5.82 Å². The molecule has 2 aromatic rings. The number of carbonyl (C=O) groups is 1. The van der Waals surface area contributed by atoms with Crippen LogP contribution in [-0.2, 0) is 24.8 Å². The van der Waals surface area contributed by atoms with E-state index in [0.29, 0.717) is 17.9 Å². The number of aromatic nitrogens is 2. The van der Waals surface area contributed by atoms with Gasteiger partial charge in [0.15, 0.2) is 11.6 Å². The van der Waals surface area contributed by atoms with Gasteiger partial charge in [-0.05, 0) is 37.8 Å². The Hall–Kier alpha value is -2.41. The first-order valence-electron chi connectivity index (χ1n) is 9.77. The van der Waals surface area contributed by atoms with Crippen LogP contribution in [0.15, 0.2) is 24.3 Å². The quantitative estimate of drug-likeness (QED) is 0.561. The molecule has 0 aliphatic carbocycles. The Balaban J connectivity index is 1.84. The Bertz CT molecular complexity index is 761. The molecular formula is C21H30FN3O3. The van der Waals surface area contributed by atoms with Crippen molar-refractivity contribution in [2.75, 3.05) is 20.3 Å². The number of methoxy groups -OCH3 is 1. The highest BCUT2D eigenvalue weighted by Gasteiger charge is 2.14. The highest BCUT2D eigenvalue weighted by molar-refractivity contribution is 5.92. The molecule has 2 rings (SSSR count). The molecular weight excluding hydrogens is 361 g/mol. The number of amides is 1. The summed E-state index contributed by atoms with van der Waals surface area (Å²) in [5.74, 6) is -0.490. The molecule has 0 fully saturated rings. The number of hydrogen-bond acceptors (Lipinski definition) is 4. The number of benzene rings is 1. The average Bonchev–Trinajstić information content (AvgIpc) is 3.08. The highest BCUT2D eigenvalue weighted by Crippen LogP contribution is 2.21. The maximum absolute atomic E-state index is 14.6. The van der Waals surface area contributed by atoms with Crippen LogP contribution in [0.3, 0.4) is 0 Å². The Morgan fingerprint density at radius 2 is 1.96 bits per heavy atom. The summed E-state index contributed by atoms with van der Waals surface area (Å²) in [5, 5.41) is 7.01. The number of nitrogens with zero attached hydrogens (tertiary/aromatic N) is 2. The zero-order valence-electron chi connectivity index (χ0n) is 17.0. The number of unbranched alkanes of at least 4 members (excludes halogenated alkanes) is 3. The van der Waals surface area contributed by atoms with Gasteiger partial charge in [-0.25, -0.2) is 4.39 Å². The second-order valence-electron chi connectivity index (χ2n) is 6.67. The predicted molar refractivity (Wildman–Crippen MR) is 106 cm³/mol. The first-order valence-corrected chi connectivity index (χ1v) is 9.77. The van der Waals surface area contributed by atoms with E-state index in [1.807, 2.05) is 6.92 Å². The molecule has 0 aliphatic heterocycles. The smallest absolute Gasteiger partial charge is 0.269 e. The minimum absolute atomic E-state index is 0.0888. The number of ether oxygens (including phenoxy) is 2. The monoisotopic (exact) mass is 391 g/mol. The van der Waals surface area contributed by atoms with E-state index in [9.17, 15) is 9.18 Å². The molecule has 0 aliphatic rings. The van der Waals surface area contributed by atoms with Crippen LogP contribution >= 0.6 is 0 Å². The zero-order valence-corrected chi connectivity index (χ0v) is 17.0. The average molecular weight is 391 g/mol. The molecule has 1 heterocycles. The lowest BCUT2D eigenvalue weighted by Gasteiger charge is -2.11. The van der Waals surface area contributed by atoms with Crippen LogP contribution in [-0.4, -0.2) is 36.0 Å². The van der Waals surface area contributed by atoms with Gasteiger partial charge < -0.3 is 14.8 Å². The normalized spacial score (nSPS) is 10.9. The lowest BCUT2D eigenvalue weighted by Crippen LogP contribution is -2.25. The molecule has 0 unspecified atom stereocenters. The van der Waals surface area contributed by atoms with Gasteiger partial charge in [-0.15, -0.1) is 0 Å². The first-order chi connectivity index (χ1) is 13.6. The van der Waals surface area contributed by atoms with Crippen molar-refractivity contribution in [1.82, 2.24) is 15.1 Å². The second kappa shape index (κ2) is 11.4. The van der Waals surface area contributed by atoms with Crippen LogP contribution in [0.5, 0.6) is 5.75 Å². The third-order valence-corrected chi connectivity index (χ3v) is 4.51. The lowest BCUT2D eigenvalue weighted by molar-refractivity contribution is 0.0941. The van der Waals surface area contributed by atoms with Gasteiger partial charge in [-0.2, -0.15) is 5.10 Å². The van der Waals surface area contributed by atoms with E-state index in [2.05, 4.69) is 10.4 Å². The highest BCUT2D eigenvalue weighted by atomic mass is 19.1. The summed E-state index contributed by atoms with van der Waals surface area (Å²) in [5.41, 5.74) is 1.69. The van der Waals surface area contributed by atoms with Gasteiger partial charge in [-0.1, -0.05) is 25.5 Å². The third-order valence-electron chi connectivity index (χ3n) is 4.51. The number of hydrogen-bond donors (Lipinski definition) is 1. The van der Waals surface area contributed by atoms with E-state index >= 15 is 0 Å². The van der Waals surface area contributed by atoms with Crippen LogP contribution in [0.2, 0.25) is 0 Å². The Morgan fingerprint density at radius 3 is 2.64 bits per heavy atom. The molecule has 1 aromatic carbocycles. The molecule has 0 saturated heterocycles. The fourth-order valence-electron chi connectivity index (χ4n) is 2.87. The molecule has 1 amide bonds. The van der Waals surface area contributed by atoms with Crippen molar-refractivity contribution in [1.29, 1.82) is 0 Å². The number of rotatable bonds is 12. The van der Waals surface area contributed by atoms with E-state index in [-0.39, 0.29) is 18.2 Å². The summed E-state index contributed by atoms with van der Waals surface area (Å²) in [6.45, 7) is 3.30. The van der Waals surface area contributed by atoms with E-state index < -0.39 is 5.82 Å². The molecule has 28 heavy (non-hydrogen) atoms. The van der Waals surface area contributed by atoms with Gasteiger partial charge >= 0.3 is 0 Å². The van der Waals surface area contributed by atoms with Crippen LogP contribution in [0.25, 0.3) is 0 Å². The molecule has 0 radical (unpaired) electrons. The molecule has 7 heteroatoms. The lowest BCUT2D eigenvalue weighted by atomic mass is 10.2. The van der Waals surface area contributed by atoms with E-state index in [4.69, 9.17) is 9.47 Å². The molecule has 0 bridgehead atoms. The first kappa shape index (κ1) is 21.9. The van der Waals surface area contributed by atoms with Crippen LogP contribution < -0.4 is 10.1 Å². The minimum atomic E-state index is -0.429. The van der Waals surface area contributed by atoms with E-state index in [1.165, 1.54) is 4.68 Å². The van der Waals surface area contributed by atoms with Gasteiger partial charge in [0.25, 0.3) is 5.91 Å². The largest absolute Gasteiger partial charge is 0.491 e. The molecule has 0 spiro atoms. The van der Waals surface area contributed by atoms with Crippen molar-refractivity contribution >= 4 is 5.91 Å². The summed E-state index contributed by atoms with van der Waals surface area (Å²) in [6.07, 6.45) is 4.73. The van der Waals surface area contributed by atoms with Gasteiger partial charge in [0, 0.05) is 32.9 Å². The van der Waals surface area contributed by atoms with Gasteiger partial charge in [0.2, 0.25) is 0 Å². The van der Waals surface area contributed by atoms with Crippen molar-refractivity contribution < 1.29 is 18.7 Å². The van der Waals surface area contributed by atoms with Crippen molar-refractivity contribution in [2.24, 2.45) is 7.05 Å². The number of nitrogens with one attached hydrogen (secondary N) is 1. The van der Waals surface area contributed by atoms with Crippen LogP contribution in [0.4, 0.5) is 4.39 Å². The molecule has 1 N–H and O–H groups in total. The topological polar surface area (TPSA) is 65.4 Å². The minimum Gasteiger partial charge on any atom is -0.491 e. The molecule has 0 saturated carbocycles. The number of carbonyl (C=O) groups excluding carboxylic acids is 1. The van der Waals surface area contributed by atoms with Gasteiger partial charge in [0.05, 0.1) is 12.3 Å². The van der Waals surface area contributed by atoms with Crippen molar-refractivity contribution in [3.05, 3.63) is 47.0 Å². The molecule has 1 aromatic heterocycles. The maximum Gasteiger partial charge on any atom is 0.269 e. The summed E-state index contributed by atoms with van der Waals surface area (Å²) >= 11 is 0. The summed E-state index contributed by atoms with van der Waals surface area (Å²) < 4.78 is 26.8. The van der Waals surface area contributed by atoms with Crippen molar-refractivity contribution in [3.63, 3.8) is 0 Å². The fraction of sp³-hybridized carbons (Fsp3) is 0.524. The second-order valence-corrected chi connectivity index (χ2v) is 6.67. The van der Waals surface area contributed by atoms with Crippen molar-refractivity contribution in [3.8, 4) is 5.75 Å². The van der Waals surface area contributed by atoms with Gasteiger partial charge in [-0.3, -0.25) is 9.48 Å². The maximum atomic E-state index is 14.6. The van der Waals surface area contributed by atoms with E-state index in [1.54, 1.807) is 38.4 Å². The summed E-state index contributed by atoms with van der Waals surface area (Å²) in [6, 6.07) is 6.74. The fourth-order valence-corrected chi connectivity index (χ4v) is 2.87. The van der Waals surface area contributed by atoms with Crippen molar-refractivity contribution in [2.45, 2.75) is 45.6 Å². The zero-order chi connectivity index (χ0) is 20.4. The Kier molecular flexibility index (Phi) is 8.94. The SMILES string of the molecule is CCc1cc(C(=O)NCc2cccc(OCCCCCCOC)c2F)n(C)n1. The van der Waals surface area contributed by atoms with Gasteiger partial charge in [0.1, 0.15) is 5.69 Å². The standard InChI is InChI=1S/C21H30FN3O3/c1-4-17-14-18(25(2)24-17)21(26)23-15-16-10-9-11-19(20(16)22)28-13-8-6-5-7-12-27-3/h9-11,14H,4-8,12-13,15H2,1-3H3,(H,23,26). The van der Waals surface area contributed by atoms with E-state index in [0.717, 1.165) is 44.4 Å². The number of aryl methyl sites for hydroxylation is 2. The Labute approximate surface area is 166 Å². The summed E-state index contributed by atoms with van der Waals surface area (Å²) in [4.78, 5) is 12.3. The Morgan fingerprint density at radius 1 is 1.21 bits per heavy atom. The molecule has 6 nitrogen and oxygen atoms in total. The summed E-state index contributed by atoms with van der Waals surface area (Å²) in [7, 11) is 3.42. The molecule has 0 atom stereocenters.